The molecule has 0 saturated carbocycles. The van der Waals surface area contributed by atoms with Crippen LogP contribution >= 0.6 is 12.2 Å². The minimum atomic E-state index is 0.536. The van der Waals surface area contributed by atoms with Gasteiger partial charge in [0, 0.05) is 12.1 Å². The Balaban J connectivity index is 2.43. The third kappa shape index (κ3) is 1.82. The fourth-order valence-electron chi connectivity index (χ4n) is 1.14. The maximum absolute atomic E-state index is 4.94. The van der Waals surface area contributed by atoms with E-state index < -0.39 is 0 Å². The normalized spacial score (nSPS) is 35.1. The lowest BCUT2D eigenvalue weighted by molar-refractivity contribution is 0.467. The van der Waals surface area contributed by atoms with Crippen LogP contribution in [0, 0.1) is 0 Å². The highest BCUT2D eigenvalue weighted by Crippen LogP contribution is 2.01. The first-order valence-electron chi connectivity index (χ1n) is 3.25. The molecule has 0 aromatic carbocycles. The molecule has 1 heterocycles. The maximum atomic E-state index is 4.94. The summed E-state index contributed by atoms with van der Waals surface area (Å²) in [6, 6.07) is 1.07. The molecule has 2 nitrogen and oxygen atoms in total. The molecular weight excluding hydrogens is 132 g/mol. The van der Waals surface area contributed by atoms with E-state index in [0.717, 1.165) is 11.5 Å². The van der Waals surface area contributed by atoms with Gasteiger partial charge in [0.15, 0.2) is 5.11 Å². The SMILES string of the molecule is C[C@H]1C[C@H](C)NC(=S)N1. The van der Waals surface area contributed by atoms with Crippen LogP contribution in [0.5, 0.6) is 0 Å². The van der Waals surface area contributed by atoms with Crippen molar-refractivity contribution >= 4 is 17.3 Å². The Morgan fingerprint density at radius 1 is 1.33 bits per heavy atom. The second-order valence-electron chi connectivity index (χ2n) is 2.66. The number of rotatable bonds is 0. The van der Waals surface area contributed by atoms with E-state index >= 15 is 0 Å². The van der Waals surface area contributed by atoms with Gasteiger partial charge < -0.3 is 10.6 Å². The highest BCUT2D eigenvalue weighted by molar-refractivity contribution is 7.80. The second kappa shape index (κ2) is 2.52. The van der Waals surface area contributed by atoms with E-state index in [1.54, 1.807) is 0 Å². The summed E-state index contributed by atoms with van der Waals surface area (Å²) in [5.74, 6) is 0. The first kappa shape index (κ1) is 6.81. The zero-order chi connectivity index (χ0) is 6.85. The Kier molecular flexibility index (Phi) is 1.90. The molecule has 0 bridgehead atoms. The maximum Gasteiger partial charge on any atom is 0.166 e. The molecule has 0 spiro atoms. The molecule has 1 aliphatic heterocycles. The van der Waals surface area contributed by atoms with Crippen molar-refractivity contribution in [3.8, 4) is 0 Å². The molecule has 1 fully saturated rings. The molecule has 2 N–H and O–H groups in total. The van der Waals surface area contributed by atoms with Gasteiger partial charge in [-0.2, -0.15) is 0 Å². The standard InChI is InChI=1S/C6H12N2S/c1-4-3-5(2)8-6(9)7-4/h4-5H,3H2,1-2H3,(H2,7,8,9)/t4-,5-/m0/s1. The van der Waals surface area contributed by atoms with Crippen LogP contribution in [0.4, 0.5) is 0 Å². The van der Waals surface area contributed by atoms with Crippen molar-refractivity contribution in [2.75, 3.05) is 0 Å². The molecule has 0 aromatic heterocycles. The first-order valence-corrected chi connectivity index (χ1v) is 3.66. The van der Waals surface area contributed by atoms with Crippen LogP contribution < -0.4 is 10.6 Å². The molecule has 0 aliphatic carbocycles. The zero-order valence-corrected chi connectivity index (χ0v) is 6.59. The van der Waals surface area contributed by atoms with Gasteiger partial charge in [-0.25, -0.2) is 0 Å². The predicted octanol–water partition coefficient (Wildman–Crippen LogP) is 0.631. The summed E-state index contributed by atoms with van der Waals surface area (Å²) in [7, 11) is 0. The van der Waals surface area contributed by atoms with E-state index in [4.69, 9.17) is 12.2 Å². The van der Waals surface area contributed by atoms with Crippen LogP contribution in [0.15, 0.2) is 0 Å². The quantitative estimate of drug-likeness (QED) is 0.488. The van der Waals surface area contributed by atoms with E-state index in [1.807, 2.05) is 0 Å². The van der Waals surface area contributed by atoms with E-state index in [1.165, 1.54) is 0 Å². The molecule has 1 aliphatic rings. The van der Waals surface area contributed by atoms with Crippen molar-refractivity contribution in [1.29, 1.82) is 0 Å². The molecule has 3 heteroatoms. The lowest BCUT2D eigenvalue weighted by Gasteiger charge is -2.28. The average molecular weight is 144 g/mol. The summed E-state index contributed by atoms with van der Waals surface area (Å²) in [6.45, 7) is 4.28. The highest BCUT2D eigenvalue weighted by Gasteiger charge is 2.15. The zero-order valence-electron chi connectivity index (χ0n) is 5.77. The van der Waals surface area contributed by atoms with E-state index in [-0.39, 0.29) is 0 Å². The van der Waals surface area contributed by atoms with Crippen molar-refractivity contribution in [2.24, 2.45) is 0 Å². The minimum Gasteiger partial charge on any atom is -0.360 e. The molecule has 9 heavy (non-hydrogen) atoms. The fraction of sp³-hybridized carbons (Fsp3) is 0.833. The first-order chi connectivity index (χ1) is 4.18. The number of thiocarbonyl (C=S) groups is 1. The Labute approximate surface area is 61.0 Å². The summed E-state index contributed by atoms with van der Waals surface area (Å²) in [5, 5.41) is 7.05. The number of hydrogen-bond acceptors (Lipinski definition) is 1. The largest absolute Gasteiger partial charge is 0.360 e. The summed E-state index contributed by atoms with van der Waals surface area (Å²) in [5.41, 5.74) is 0. The molecule has 1 saturated heterocycles. The van der Waals surface area contributed by atoms with Crippen molar-refractivity contribution < 1.29 is 0 Å². The third-order valence-electron chi connectivity index (χ3n) is 1.46. The Morgan fingerprint density at radius 3 is 2.11 bits per heavy atom. The van der Waals surface area contributed by atoms with E-state index in [9.17, 15) is 0 Å². The van der Waals surface area contributed by atoms with Crippen LogP contribution in [0.1, 0.15) is 20.3 Å². The monoisotopic (exact) mass is 144 g/mol. The van der Waals surface area contributed by atoms with Crippen LogP contribution in [0.3, 0.4) is 0 Å². The van der Waals surface area contributed by atoms with Crippen LogP contribution in [0.2, 0.25) is 0 Å². The van der Waals surface area contributed by atoms with E-state index in [2.05, 4.69) is 24.5 Å². The number of nitrogens with one attached hydrogen (secondary N) is 2. The second-order valence-corrected chi connectivity index (χ2v) is 3.06. The predicted molar refractivity (Wildman–Crippen MR) is 42.4 cm³/mol. The van der Waals surface area contributed by atoms with Gasteiger partial charge in [-0.3, -0.25) is 0 Å². The van der Waals surface area contributed by atoms with Gasteiger partial charge in [0.25, 0.3) is 0 Å². The van der Waals surface area contributed by atoms with Crippen LogP contribution in [0.25, 0.3) is 0 Å². The fourth-order valence-corrected chi connectivity index (χ4v) is 1.54. The van der Waals surface area contributed by atoms with Gasteiger partial charge in [-0.05, 0) is 32.5 Å². The lowest BCUT2D eigenvalue weighted by Crippen LogP contribution is -2.51. The summed E-state index contributed by atoms with van der Waals surface area (Å²) < 4.78 is 0. The molecule has 0 radical (unpaired) electrons. The summed E-state index contributed by atoms with van der Waals surface area (Å²) >= 11 is 4.94. The average Bonchev–Trinajstić information content (AvgIpc) is 1.59. The molecule has 0 unspecified atom stereocenters. The summed E-state index contributed by atoms with van der Waals surface area (Å²) in [6.07, 6.45) is 1.15. The molecule has 2 atom stereocenters. The van der Waals surface area contributed by atoms with Crippen LogP contribution in [-0.2, 0) is 0 Å². The lowest BCUT2D eigenvalue weighted by atomic mass is 10.1. The number of hydrogen-bond donors (Lipinski definition) is 2. The van der Waals surface area contributed by atoms with E-state index in [0.29, 0.717) is 12.1 Å². The topological polar surface area (TPSA) is 24.1 Å². The van der Waals surface area contributed by atoms with Crippen LogP contribution in [-0.4, -0.2) is 17.2 Å². The summed E-state index contributed by atoms with van der Waals surface area (Å²) in [4.78, 5) is 0. The Bertz CT molecular complexity index is 112. The molecule has 52 valence electrons. The van der Waals surface area contributed by atoms with Gasteiger partial charge in [-0.1, -0.05) is 0 Å². The Morgan fingerprint density at radius 2 is 1.78 bits per heavy atom. The molecule has 0 amide bonds. The Hall–Kier alpha value is -0.310. The third-order valence-corrected chi connectivity index (χ3v) is 1.70. The molecular formula is C6H12N2S. The molecule has 0 aromatic rings. The van der Waals surface area contributed by atoms with Crippen molar-refractivity contribution in [3.63, 3.8) is 0 Å². The van der Waals surface area contributed by atoms with Crippen molar-refractivity contribution in [2.45, 2.75) is 32.4 Å². The van der Waals surface area contributed by atoms with Gasteiger partial charge in [0.1, 0.15) is 0 Å². The van der Waals surface area contributed by atoms with Gasteiger partial charge in [0.05, 0.1) is 0 Å². The van der Waals surface area contributed by atoms with Gasteiger partial charge in [0.2, 0.25) is 0 Å². The van der Waals surface area contributed by atoms with Gasteiger partial charge >= 0.3 is 0 Å². The van der Waals surface area contributed by atoms with Gasteiger partial charge in [-0.15, -0.1) is 0 Å². The highest BCUT2D eigenvalue weighted by atomic mass is 32.1. The van der Waals surface area contributed by atoms with Crippen molar-refractivity contribution in [3.05, 3.63) is 0 Å². The minimum absolute atomic E-state index is 0.536. The molecule has 1 rings (SSSR count). The smallest absolute Gasteiger partial charge is 0.166 e. The van der Waals surface area contributed by atoms with Crippen molar-refractivity contribution in [1.82, 2.24) is 10.6 Å².